The Labute approximate surface area is 117 Å². The molecule has 6 nitrogen and oxygen atoms in total. The van der Waals surface area contributed by atoms with Crippen LogP contribution in [-0.4, -0.2) is 34.1 Å². The monoisotopic (exact) mass is 278 g/mol. The quantitative estimate of drug-likeness (QED) is 0.837. The number of allylic oxidation sites excluding steroid dienone is 4. The lowest BCUT2D eigenvalue weighted by molar-refractivity contribution is 0.0515. The number of hydrogen-bond donors (Lipinski definition) is 1. The van der Waals surface area contributed by atoms with Gasteiger partial charge in [0.25, 0.3) is 0 Å². The van der Waals surface area contributed by atoms with Crippen molar-refractivity contribution in [3.05, 3.63) is 29.8 Å². The molecule has 108 valence electrons. The molecule has 1 aromatic rings. The number of aromatic hydroxyl groups is 1. The Morgan fingerprint density at radius 1 is 1.35 bits per heavy atom. The fourth-order valence-corrected chi connectivity index (χ4v) is 1.96. The number of nitrogens with zero attached hydrogens (tertiary/aromatic N) is 2. The largest absolute Gasteiger partial charge is 0.504 e. The summed E-state index contributed by atoms with van der Waals surface area (Å²) in [4.78, 5) is 11.6. The fourth-order valence-electron chi connectivity index (χ4n) is 1.96. The Bertz CT molecular complexity index is 558. The van der Waals surface area contributed by atoms with Crippen LogP contribution >= 0.6 is 0 Å². The zero-order valence-corrected chi connectivity index (χ0v) is 11.6. The molecule has 0 spiro atoms. The van der Waals surface area contributed by atoms with E-state index in [0.717, 1.165) is 24.3 Å². The summed E-state index contributed by atoms with van der Waals surface area (Å²) in [5, 5.41) is 13.8. The highest BCUT2D eigenvalue weighted by Gasteiger charge is 2.19. The minimum atomic E-state index is -0.620. The van der Waals surface area contributed by atoms with Gasteiger partial charge in [-0.2, -0.15) is 5.10 Å². The van der Waals surface area contributed by atoms with Crippen LogP contribution in [0.3, 0.4) is 0 Å². The highest BCUT2D eigenvalue weighted by atomic mass is 16.5. The summed E-state index contributed by atoms with van der Waals surface area (Å²) < 4.78 is 11.8. The van der Waals surface area contributed by atoms with Crippen LogP contribution in [0, 0.1) is 0 Å². The maximum Gasteiger partial charge on any atom is 0.362 e. The molecule has 6 heteroatoms. The second-order valence-electron chi connectivity index (χ2n) is 4.25. The standard InChI is InChI=1S/C14H18N2O4/c1-3-19-11-7-5-10(6-8-11)16-9-12(17)13(15-16)14(18)20-4-2/h5,7,9,17H,3-4,6,8H2,1-2H3. The van der Waals surface area contributed by atoms with Crippen LogP contribution in [-0.2, 0) is 9.47 Å². The molecule has 2 rings (SSSR count). The zero-order chi connectivity index (χ0) is 14.5. The second-order valence-corrected chi connectivity index (χ2v) is 4.25. The average Bonchev–Trinajstić information content (AvgIpc) is 2.82. The summed E-state index contributed by atoms with van der Waals surface area (Å²) >= 11 is 0. The first-order valence-corrected chi connectivity index (χ1v) is 6.64. The number of aromatic nitrogens is 2. The molecule has 1 aromatic heterocycles. The normalized spacial score (nSPS) is 14.5. The molecule has 0 saturated heterocycles. The molecule has 1 aliphatic rings. The molecule has 20 heavy (non-hydrogen) atoms. The average molecular weight is 278 g/mol. The Kier molecular flexibility index (Phi) is 4.45. The first-order valence-electron chi connectivity index (χ1n) is 6.64. The third-order valence-corrected chi connectivity index (χ3v) is 2.88. The van der Waals surface area contributed by atoms with E-state index < -0.39 is 5.97 Å². The molecule has 0 amide bonds. The van der Waals surface area contributed by atoms with Crippen LogP contribution in [0.5, 0.6) is 5.75 Å². The van der Waals surface area contributed by atoms with Crippen LogP contribution in [0.25, 0.3) is 5.70 Å². The van der Waals surface area contributed by atoms with E-state index in [0.29, 0.717) is 6.61 Å². The van der Waals surface area contributed by atoms with E-state index in [9.17, 15) is 9.90 Å². The summed E-state index contributed by atoms with van der Waals surface area (Å²) in [5.74, 6) is 0.132. The summed E-state index contributed by atoms with van der Waals surface area (Å²) in [5.41, 5.74) is 0.826. The molecule has 0 fully saturated rings. The van der Waals surface area contributed by atoms with Gasteiger partial charge < -0.3 is 14.6 Å². The van der Waals surface area contributed by atoms with E-state index in [1.165, 1.54) is 10.9 Å². The van der Waals surface area contributed by atoms with Crippen molar-refractivity contribution in [2.24, 2.45) is 0 Å². The van der Waals surface area contributed by atoms with Crippen molar-refractivity contribution in [2.45, 2.75) is 26.7 Å². The first-order chi connectivity index (χ1) is 9.65. The Morgan fingerprint density at radius 2 is 2.15 bits per heavy atom. The van der Waals surface area contributed by atoms with Gasteiger partial charge >= 0.3 is 5.97 Å². The van der Waals surface area contributed by atoms with Gasteiger partial charge in [0.2, 0.25) is 5.69 Å². The van der Waals surface area contributed by atoms with Crippen molar-refractivity contribution in [3.63, 3.8) is 0 Å². The first kappa shape index (κ1) is 14.2. The van der Waals surface area contributed by atoms with Crippen molar-refractivity contribution >= 4 is 11.7 Å². The van der Waals surface area contributed by atoms with Crippen molar-refractivity contribution in [2.75, 3.05) is 13.2 Å². The zero-order valence-electron chi connectivity index (χ0n) is 11.6. The fraction of sp³-hybridized carbons (Fsp3) is 0.429. The SMILES string of the molecule is CCOC(=O)c1nn(C2=CC=C(OCC)CC2)cc1O. The molecule has 0 radical (unpaired) electrons. The van der Waals surface area contributed by atoms with Crippen LogP contribution in [0.4, 0.5) is 0 Å². The highest BCUT2D eigenvalue weighted by Crippen LogP contribution is 2.25. The van der Waals surface area contributed by atoms with Crippen molar-refractivity contribution in [3.8, 4) is 5.75 Å². The second kappa shape index (κ2) is 6.27. The summed E-state index contributed by atoms with van der Waals surface area (Å²) in [6, 6.07) is 0. The van der Waals surface area contributed by atoms with Gasteiger partial charge in [0, 0.05) is 12.1 Å². The van der Waals surface area contributed by atoms with Gasteiger partial charge in [-0.05, 0) is 32.4 Å². The van der Waals surface area contributed by atoms with Crippen molar-refractivity contribution < 1.29 is 19.4 Å². The number of hydrogen-bond acceptors (Lipinski definition) is 5. The molecule has 0 saturated carbocycles. The van der Waals surface area contributed by atoms with Crippen LogP contribution in [0.2, 0.25) is 0 Å². The van der Waals surface area contributed by atoms with Gasteiger partial charge in [-0.3, -0.25) is 0 Å². The molecule has 0 aliphatic heterocycles. The molecule has 0 unspecified atom stereocenters. The van der Waals surface area contributed by atoms with Crippen molar-refractivity contribution in [1.29, 1.82) is 0 Å². The third kappa shape index (κ3) is 3.01. The predicted molar refractivity (Wildman–Crippen MR) is 73.1 cm³/mol. The van der Waals surface area contributed by atoms with E-state index in [2.05, 4.69) is 5.10 Å². The third-order valence-electron chi connectivity index (χ3n) is 2.88. The van der Waals surface area contributed by atoms with Gasteiger partial charge in [0.15, 0.2) is 5.75 Å². The van der Waals surface area contributed by atoms with E-state index in [1.54, 1.807) is 6.92 Å². The summed E-state index contributed by atoms with van der Waals surface area (Å²) in [7, 11) is 0. The van der Waals surface area contributed by atoms with E-state index in [1.807, 2.05) is 19.1 Å². The molecule has 0 atom stereocenters. The van der Waals surface area contributed by atoms with Gasteiger partial charge in [0.1, 0.15) is 0 Å². The van der Waals surface area contributed by atoms with Crippen molar-refractivity contribution in [1.82, 2.24) is 9.78 Å². The molecule has 0 aromatic carbocycles. The number of carbonyl (C=O) groups is 1. The number of rotatable bonds is 5. The number of ether oxygens (including phenoxy) is 2. The number of esters is 1. The Balaban J connectivity index is 2.19. The van der Waals surface area contributed by atoms with Crippen LogP contribution in [0.1, 0.15) is 37.2 Å². The predicted octanol–water partition coefficient (Wildman–Crippen LogP) is 2.32. The van der Waals surface area contributed by atoms with Crippen LogP contribution < -0.4 is 0 Å². The van der Waals surface area contributed by atoms with Gasteiger partial charge in [-0.25, -0.2) is 9.48 Å². The maximum absolute atomic E-state index is 11.6. The smallest absolute Gasteiger partial charge is 0.362 e. The molecule has 1 N–H and O–H groups in total. The molecule has 1 heterocycles. The lowest BCUT2D eigenvalue weighted by Gasteiger charge is -2.14. The molecular formula is C14H18N2O4. The minimum Gasteiger partial charge on any atom is -0.504 e. The minimum absolute atomic E-state index is 0.0627. The molecule has 0 bridgehead atoms. The molecule has 1 aliphatic carbocycles. The highest BCUT2D eigenvalue weighted by molar-refractivity contribution is 5.90. The molecular weight excluding hydrogens is 260 g/mol. The van der Waals surface area contributed by atoms with Gasteiger partial charge in [0.05, 0.1) is 25.2 Å². The van der Waals surface area contributed by atoms with Gasteiger partial charge in [-0.1, -0.05) is 0 Å². The van der Waals surface area contributed by atoms with E-state index in [-0.39, 0.29) is 18.1 Å². The van der Waals surface area contributed by atoms with Gasteiger partial charge in [-0.15, -0.1) is 0 Å². The lowest BCUT2D eigenvalue weighted by Crippen LogP contribution is -2.08. The van der Waals surface area contributed by atoms with Crippen LogP contribution in [0.15, 0.2) is 24.1 Å². The number of carbonyl (C=O) groups excluding carboxylic acids is 1. The Morgan fingerprint density at radius 3 is 2.75 bits per heavy atom. The maximum atomic E-state index is 11.6. The lowest BCUT2D eigenvalue weighted by atomic mass is 10.1. The summed E-state index contributed by atoms with van der Waals surface area (Å²) in [6.45, 7) is 4.53. The van der Waals surface area contributed by atoms with E-state index >= 15 is 0 Å². The topological polar surface area (TPSA) is 73.6 Å². The Hall–Kier alpha value is -2.24. The van der Waals surface area contributed by atoms with E-state index in [4.69, 9.17) is 9.47 Å². The summed E-state index contributed by atoms with van der Waals surface area (Å²) in [6.07, 6.45) is 6.67.